The van der Waals surface area contributed by atoms with Gasteiger partial charge in [-0.3, -0.25) is 4.90 Å². The Morgan fingerprint density at radius 3 is 2.29 bits per heavy atom. The Morgan fingerprint density at radius 2 is 1.76 bits per heavy atom. The van der Waals surface area contributed by atoms with E-state index in [1.165, 1.54) is 12.0 Å². The van der Waals surface area contributed by atoms with E-state index in [9.17, 15) is 0 Å². The van der Waals surface area contributed by atoms with Crippen molar-refractivity contribution in [1.82, 2.24) is 10.2 Å². The maximum absolute atomic E-state index is 3.63. The minimum absolute atomic E-state index is 0. The quantitative estimate of drug-likeness (QED) is 0.673. The molecule has 0 radical (unpaired) electrons. The van der Waals surface area contributed by atoms with Gasteiger partial charge in [-0.2, -0.15) is 0 Å². The number of hydrogen-bond donors (Lipinski definition) is 1. The zero-order valence-electron chi connectivity index (χ0n) is 12.4. The van der Waals surface area contributed by atoms with Crippen molar-refractivity contribution in [2.45, 2.75) is 26.3 Å². The lowest BCUT2D eigenvalue weighted by molar-refractivity contribution is 0.128. The first kappa shape index (κ1) is 21.7. The average Bonchev–Trinajstić information content (AvgIpc) is 2.44. The molecule has 0 aliphatic carbocycles. The second kappa shape index (κ2) is 10.5. The van der Waals surface area contributed by atoms with Crippen LogP contribution < -0.4 is 5.32 Å². The summed E-state index contributed by atoms with van der Waals surface area (Å²) in [5.74, 6) is 0.672. The van der Waals surface area contributed by atoms with Crippen molar-refractivity contribution in [3.05, 3.63) is 32.7 Å². The van der Waals surface area contributed by atoms with Crippen molar-refractivity contribution < 1.29 is 0 Å². The largest absolute Gasteiger partial charge is 0.314 e. The Hall–Kier alpha value is 0.680. The topological polar surface area (TPSA) is 15.3 Å². The third kappa shape index (κ3) is 5.67. The first-order chi connectivity index (χ1) is 9.13. The molecule has 1 saturated heterocycles. The zero-order chi connectivity index (χ0) is 13.8. The minimum atomic E-state index is 0. The molecule has 1 fully saturated rings. The van der Waals surface area contributed by atoms with Gasteiger partial charge in [0.15, 0.2) is 0 Å². The molecule has 1 heterocycles. The van der Waals surface area contributed by atoms with Gasteiger partial charge in [0.05, 0.1) is 0 Å². The number of benzene rings is 1. The molecule has 0 aromatic heterocycles. The standard InChI is InChI=1S/C15H22Br2N2.2ClH/c1-3-11(2)15(19-8-6-18-7-9-19)12-4-5-13(16)14(17)10-12;;/h4-5,10-11,15,18H,3,6-9H2,1-2H3;2*1H/t11?,15-;;/m0../s1. The molecule has 1 aromatic carbocycles. The van der Waals surface area contributed by atoms with E-state index in [1.807, 2.05) is 0 Å². The van der Waals surface area contributed by atoms with Gasteiger partial charge in [-0.05, 0) is 55.5 Å². The molecule has 1 aromatic rings. The molecular formula is C15H24Br2Cl2N2. The van der Waals surface area contributed by atoms with Crippen LogP contribution in [0.25, 0.3) is 0 Å². The highest BCUT2D eigenvalue weighted by atomic mass is 79.9. The fourth-order valence-corrected chi connectivity index (χ4v) is 3.42. The van der Waals surface area contributed by atoms with Gasteiger partial charge in [-0.25, -0.2) is 0 Å². The van der Waals surface area contributed by atoms with E-state index >= 15 is 0 Å². The molecule has 2 nitrogen and oxygen atoms in total. The van der Waals surface area contributed by atoms with E-state index in [0.29, 0.717) is 12.0 Å². The van der Waals surface area contributed by atoms with Crippen LogP contribution in [0.4, 0.5) is 0 Å². The molecular weight excluding hydrogens is 439 g/mol. The summed E-state index contributed by atoms with van der Waals surface area (Å²) < 4.78 is 2.27. The van der Waals surface area contributed by atoms with E-state index < -0.39 is 0 Å². The molecule has 2 rings (SSSR count). The van der Waals surface area contributed by atoms with Crippen LogP contribution in [-0.4, -0.2) is 31.1 Å². The molecule has 1 aliphatic heterocycles. The van der Waals surface area contributed by atoms with Crippen LogP contribution in [0.3, 0.4) is 0 Å². The summed E-state index contributed by atoms with van der Waals surface area (Å²) in [6.07, 6.45) is 1.21. The molecule has 0 amide bonds. The predicted octanol–water partition coefficient (Wildman–Crippen LogP) is 5.05. The monoisotopic (exact) mass is 460 g/mol. The molecule has 0 spiro atoms. The van der Waals surface area contributed by atoms with Crippen molar-refractivity contribution in [3.8, 4) is 0 Å². The summed E-state index contributed by atoms with van der Waals surface area (Å²) in [4.78, 5) is 2.63. The lowest BCUT2D eigenvalue weighted by atomic mass is 9.90. The summed E-state index contributed by atoms with van der Waals surface area (Å²) in [6, 6.07) is 7.20. The summed E-state index contributed by atoms with van der Waals surface area (Å²) in [5, 5.41) is 3.44. The van der Waals surface area contributed by atoms with Gasteiger partial charge in [-0.15, -0.1) is 24.8 Å². The summed E-state index contributed by atoms with van der Waals surface area (Å²) in [6.45, 7) is 9.14. The SMILES string of the molecule is CCC(C)[C@@H](c1ccc(Br)c(Br)c1)N1CCNCC1.Cl.Cl. The summed E-state index contributed by atoms with van der Waals surface area (Å²) >= 11 is 7.19. The Kier molecular flexibility index (Phi) is 10.8. The predicted molar refractivity (Wildman–Crippen MR) is 103 cm³/mol. The number of nitrogens with one attached hydrogen (secondary N) is 1. The van der Waals surface area contributed by atoms with Gasteiger partial charge in [0.2, 0.25) is 0 Å². The fraction of sp³-hybridized carbons (Fsp3) is 0.600. The van der Waals surface area contributed by atoms with E-state index in [1.54, 1.807) is 0 Å². The third-order valence-electron chi connectivity index (χ3n) is 4.01. The Bertz CT molecular complexity index is 426. The minimum Gasteiger partial charge on any atom is -0.314 e. The van der Waals surface area contributed by atoms with Crippen molar-refractivity contribution in [2.75, 3.05) is 26.2 Å². The van der Waals surface area contributed by atoms with Crippen molar-refractivity contribution in [2.24, 2.45) is 5.92 Å². The van der Waals surface area contributed by atoms with Gasteiger partial charge in [0.1, 0.15) is 0 Å². The lowest BCUT2D eigenvalue weighted by Gasteiger charge is -2.38. The van der Waals surface area contributed by atoms with Crippen LogP contribution in [0, 0.1) is 5.92 Å². The number of hydrogen-bond acceptors (Lipinski definition) is 2. The van der Waals surface area contributed by atoms with Gasteiger partial charge < -0.3 is 5.32 Å². The van der Waals surface area contributed by atoms with E-state index in [2.05, 4.69) is 74.1 Å². The van der Waals surface area contributed by atoms with Crippen LogP contribution in [0.5, 0.6) is 0 Å². The lowest BCUT2D eigenvalue weighted by Crippen LogP contribution is -2.46. The van der Waals surface area contributed by atoms with Crippen molar-refractivity contribution in [1.29, 1.82) is 0 Å². The number of nitrogens with zero attached hydrogens (tertiary/aromatic N) is 1. The number of piperazine rings is 1. The first-order valence-electron chi connectivity index (χ1n) is 7.03. The van der Waals surface area contributed by atoms with Crippen molar-refractivity contribution in [3.63, 3.8) is 0 Å². The van der Waals surface area contributed by atoms with Crippen molar-refractivity contribution >= 4 is 56.7 Å². The van der Waals surface area contributed by atoms with Crippen LogP contribution in [0.1, 0.15) is 31.9 Å². The first-order valence-corrected chi connectivity index (χ1v) is 8.61. The van der Waals surface area contributed by atoms with Crippen LogP contribution in [0.2, 0.25) is 0 Å². The van der Waals surface area contributed by atoms with E-state index in [0.717, 1.165) is 35.1 Å². The Labute approximate surface area is 157 Å². The fourth-order valence-electron chi connectivity index (χ4n) is 2.78. The zero-order valence-corrected chi connectivity index (χ0v) is 17.2. The number of rotatable bonds is 4. The molecule has 1 unspecified atom stereocenters. The van der Waals surface area contributed by atoms with Crippen LogP contribution in [0.15, 0.2) is 27.1 Å². The highest BCUT2D eigenvalue weighted by Crippen LogP contribution is 2.34. The average molecular weight is 463 g/mol. The molecule has 1 N–H and O–H groups in total. The molecule has 21 heavy (non-hydrogen) atoms. The third-order valence-corrected chi connectivity index (χ3v) is 5.89. The number of halogens is 4. The van der Waals surface area contributed by atoms with E-state index in [-0.39, 0.29) is 24.8 Å². The maximum Gasteiger partial charge on any atom is 0.0375 e. The van der Waals surface area contributed by atoms with E-state index in [4.69, 9.17) is 0 Å². The van der Waals surface area contributed by atoms with Gasteiger partial charge in [-0.1, -0.05) is 26.3 Å². The Balaban J connectivity index is 0.00000200. The smallest absolute Gasteiger partial charge is 0.0375 e. The second-order valence-electron chi connectivity index (χ2n) is 5.29. The summed E-state index contributed by atoms with van der Waals surface area (Å²) in [7, 11) is 0. The van der Waals surface area contributed by atoms with Crippen LogP contribution >= 0.6 is 56.7 Å². The normalized spacial score (nSPS) is 18.3. The molecule has 122 valence electrons. The molecule has 0 bridgehead atoms. The van der Waals surface area contributed by atoms with Crippen LogP contribution in [-0.2, 0) is 0 Å². The molecule has 0 saturated carbocycles. The van der Waals surface area contributed by atoms with Gasteiger partial charge in [0.25, 0.3) is 0 Å². The van der Waals surface area contributed by atoms with Gasteiger partial charge in [0, 0.05) is 41.2 Å². The summed E-state index contributed by atoms with van der Waals surface area (Å²) in [5.41, 5.74) is 1.42. The Morgan fingerprint density at radius 1 is 1.14 bits per heavy atom. The molecule has 2 atom stereocenters. The highest BCUT2D eigenvalue weighted by molar-refractivity contribution is 9.13. The highest BCUT2D eigenvalue weighted by Gasteiger charge is 2.26. The molecule has 6 heteroatoms. The molecule has 1 aliphatic rings. The second-order valence-corrected chi connectivity index (χ2v) is 7.00. The van der Waals surface area contributed by atoms with Gasteiger partial charge >= 0.3 is 0 Å². The maximum atomic E-state index is 3.63.